The van der Waals surface area contributed by atoms with Crippen LogP contribution < -0.4 is 11.1 Å². The topological polar surface area (TPSA) is 51.2 Å². The van der Waals surface area contributed by atoms with Gasteiger partial charge in [-0.2, -0.15) is 13.2 Å². The molecule has 0 saturated heterocycles. The van der Waals surface area contributed by atoms with Crippen LogP contribution in [0.25, 0.3) is 0 Å². The molecule has 0 spiro atoms. The maximum Gasteiger partial charge on any atom is 0.418 e. The summed E-state index contributed by atoms with van der Waals surface area (Å²) in [7, 11) is 0. The highest BCUT2D eigenvalue weighted by Crippen LogP contribution is 2.37. The van der Waals surface area contributed by atoms with Crippen LogP contribution in [0.4, 0.5) is 24.5 Å². The molecule has 0 aliphatic rings. The fourth-order valence-corrected chi connectivity index (χ4v) is 1.91. The van der Waals surface area contributed by atoms with Crippen molar-refractivity contribution in [3.05, 3.63) is 47.4 Å². The summed E-state index contributed by atoms with van der Waals surface area (Å²) in [4.78, 5) is 0. The molecule has 1 heterocycles. The van der Waals surface area contributed by atoms with Gasteiger partial charge in [0.2, 0.25) is 0 Å². The Morgan fingerprint density at radius 1 is 1.20 bits per heavy atom. The van der Waals surface area contributed by atoms with Crippen molar-refractivity contribution in [2.24, 2.45) is 0 Å². The number of hydrogen-bond acceptors (Lipinski definition) is 3. The average Bonchev–Trinajstić information content (AvgIpc) is 2.77. The Labute approximate surface area is 114 Å². The lowest BCUT2D eigenvalue weighted by molar-refractivity contribution is -0.136. The SMILES string of the molecule is Cc1ccc(C(C)Nc2ccc(N)cc2C(F)(F)F)o1. The lowest BCUT2D eigenvalue weighted by atomic mass is 10.1. The van der Waals surface area contributed by atoms with Gasteiger partial charge in [-0.1, -0.05) is 0 Å². The molecular formula is C14H15F3N2O. The van der Waals surface area contributed by atoms with Crippen LogP contribution in [0.3, 0.4) is 0 Å². The van der Waals surface area contributed by atoms with Crippen molar-refractivity contribution >= 4 is 11.4 Å². The second kappa shape index (κ2) is 5.11. The van der Waals surface area contributed by atoms with Crippen molar-refractivity contribution in [3.8, 4) is 0 Å². The molecule has 1 atom stereocenters. The first kappa shape index (κ1) is 14.3. The van der Waals surface area contributed by atoms with Crippen LogP contribution in [0.15, 0.2) is 34.7 Å². The number of benzene rings is 1. The average molecular weight is 284 g/mol. The molecule has 3 nitrogen and oxygen atoms in total. The number of aryl methyl sites for hydroxylation is 1. The highest BCUT2D eigenvalue weighted by molar-refractivity contribution is 5.59. The normalized spacial score (nSPS) is 13.2. The summed E-state index contributed by atoms with van der Waals surface area (Å²) < 4.78 is 44.3. The van der Waals surface area contributed by atoms with E-state index in [-0.39, 0.29) is 17.4 Å². The van der Waals surface area contributed by atoms with Crippen LogP contribution in [-0.4, -0.2) is 0 Å². The molecule has 1 unspecified atom stereocenters. The summed E-state index contributed by atoms with van der Waals surface area (Å²) in [6.45, 7) is 3.51. The summed E-state index contributed by atoms with van der Waals surface area (Å²) in [5.41, 5.74) is 4.69. The van der Waals surface area contributed by atoms with Crippen molar-refractivity contribution in [2.45, 2.75) is 26.1 Å². The van der Waals surface area contributed by atoms with Gasteiger partial charge in [-0.15, -0.1) is 0 Å². The number of nitrogen functional groups attached to an aromatic ring is 1. The van der Waals surface area contributed by atoms with E-state index in [1.165, 1.54) is 12.1 Å². The van der Waals surface area contributed by atoms with Gasteiger partial charge >= 0.3 is 6.18 Å². The highest BCUT2D eigenvalue weighted by atomic mass is 19.4. The van der Waals surface area contributed by atoms with Gasteiger partial charge in [-0.3, -0.25) is 0 Å². The minimum absolute atomic E-state index is 0.0201. The fraction of sp³-hybridized carbons (Fsp3) is 0.286. The molecule has 108 valence electrons. The zero-order chi connectivity index (χ0) is 14.9. The molecule has 1 aromatic carbocycles. The molecule has 3 N–H and O–H groups in total. The zero-order valence-electron chi connectivity index (χ0n) is 11.1. The lowest BCUT2D eigenvalue weighted by Crippen LogP contribution is -2.13. The van der Waals surface area contributed by atoms with Crippen molar-refractivity contribution in [1.82, 2.24) is 0 Å². The van der Waals surface area contributed by atoms with E-state index in [0.717, 1.165) is 6.07 Å². The number of rotatable bonds is 3. The molecule has 2 rings (SSSR count). The molecular weight excluding hydrogens is 269 g/mol. The third-order valence-corrected chi connectivity index (χ3v) is 2.91. The van der Waals surface area contributed by atoms with Gasteiger partial charge in [0, 0.05) is 11.4 Å². The predicted octanol–water partition coefficient (Wildman–Crippen LogP) is 4.36. The first-order valence-electron chi connectivity index (χ1n) is 6.07. The van der Waals surface area contributed by atoms with E-state index in [4.69, 9.17) is 10.2 Å². The smallest absolute Gasteiger partial charge is 0.418 e. The Morgan fingerprint density at radius 2 is 1.90 bits per heavy atom. The van der Waals surface area contributed by atoms with E-state index < -0.39 is 11.7 Å². The summed E-state index contributed by atoms with van der Waals surface area (Å²) in [5.74, 6) is 1.29. The number of furan rings is 1. The molecule has 0 saturated carbocycles. The van der Waals surface area contributed by atoms with Crippen molar-refractivity contribution in [1.29, 1.82) is 0 Å². The number of nitrogens with one attached hydrogen (secondary N) is 1. The molecule has 0 aliphatic heterocycles. The van der Waals surface area contributed by atoms with Crippen LogP contribution >= 0.6 is 0 Å². The lowest BCUT2D eigenvalue weighted by Gasteiger charge is -2.18. The number of halogens is 3. The van der Waals surface area contributed by atoms with Crippen LogP contribution in [0.5, 0.6) is 0 Å². The Morgan fingerprint density at radius 3 is 2.45 bits per heavy atom. The Hall–Kier alpha value is -2.11. The van der Waals surface area contributed by atoms with Gasteiger partial charge < -0.3 is 15.5 Å². The van der Waals surface area contributed by atoms with Crippen LogP contribution in [-0.2, 0) is 6.18 Å². The minimum Gasteiger partial charge on any atom is -0.464 e. The molecule has 0 amide bonds. The molecule has 6 heteroatoms. The van der Waals surface area contributed by atoms with Crippen LogP contribution in [0.1, 0.15) is 30.0 Å². The number of nitrogens with two attached hydrogens (primary N) is 1. The summed E-state index contributed by atoms with van der Waals surface area (Å²) in [6.07, 6.45) is -4.46. The molecule has 0 aliphatic carbocycles. The number of anilines is 2. The number of hydrogen-bond donors (Lipinski definition) is 2. The summed E-state index contributed by atoms with van der Waals surface area (Å²) in [5, 5.41) is 2.80. The van der Waals surface area contributed by atoms with Gasteiger partial charge in [0.1, 0.15) is 11.5 Å². The van der Waals surface area contributed by atoms with Gasteiger partial charge in [-0.05, 0) is 44.2 Å². The largest absolute Gasteiger partial charge is 0.464 e. The molecule has 1 aromatic heterocycles. The monoisotopic (exact) mass is 284 g/mol. The van der Waals surface area contributed by atoms with Gasteiger partial charge in [-0.25, -0.2) is 0 Å². The van der Waals surface area contributed by atoms with Gasteiger partial charge in [0.05, 0.1) is 11.6 Å². The van der Waals surface area contributed by atoms with Crippen molar-refractivity contribution in [3.63, 3.8) is 0 Å². The molecule has 0 radical (unpaired) electrons. The second-order valence-corrected chi connectivity index (χ2v) is 4.62. The maximum atomic E-state index is 13.0. The molecule has 20 heavy (non-hydrogen) atoms. The van der Waals surface area contributed by atoms with Crippen molar-refractivity contribution in [2.75, 3.05) is 11.1 Å². The highest BCUT2D eigenvalue weighted by Gasteiger charge is 2.34. The van der Waals surface area contributed by atoms with E-state index in [1.807, 2.05) is 0 Å². The number of alkyl halides is 3. The fourth-order valence-electron chi connectivity index (χ4n) is 1.91. The predicted molar refractivity (Wildman–Crippen MR) is 71.3 cm³/mol. The van der Waals surface area contributed by atoms with E-state index in [1.54, 1.807) is 26.0 Å². The molecule has 0 fully saturated rings. The quantitative estimate of drug-likeness (QED) is 0.823. The Bertz CT molecular complexity index is 605. The Balaban J connectivity index is 2.29. The summed E-state index contributed by atoms with van der Waals surface area (Å²) >= 11 is 0. The van der Waals surface area contributed by atoms with Crippen LogP contribution in [0, 0.1) is 6.92 Å². The van der Waals surface area contributed by atoms with Crippen LogP contribution in [0.2, 0.25) is 0 Å². The van der Waals surface area contributed by atoms with Gasteiger partial charge in [0.15, 0.2) is 0 Å². The minimum atomic E-state index is -4.46. The van der Waals surface area contributed by atoms with E-state index >= 15 is 0 Å². The third kappa shape index (κ3) is 3.07. The van der Waals surface area contributed by atoms with E-state index in [0.29, 0.717) is 11.5 Å². The van der Waals surface area contributed by atoms with E-state index in [2.05, 4.69) is 5.32 Å². The standard InChI is InChI=1S/C14H15F3N2O/c1-8-3-6-13(20-8)9(2)19-12-5-4-10(18)7-11(12)14(15,16)17/h3-7,9,19H,18H2,1-2H3. The van der Waals surface area contributed by atoms with Crippen molar-refractivity contribution < 1.29 is 17.6 Å². The zero-order valence-corrected chi connectivity index (χ0v) is 11.1. The second-order valence-electron chi connectivity index (χ2n) is 4.62. The van der Waals surface area contributed by atoms with Gasteiger partial charge in [0.25, 0.3) is 0 Å². The first-order valence-corrected chi connectivity index (χ1v) is 6.07. The molecule has 2 aromatic rings. The maximum absolute atomic E-state index is 13.0. The van der Waals surface area contributed by atoms with E-state index in [9.17, 15) is 13.2 Å². The first-order chi connectivity index (χ1) is 9.27. The Kier molecular flexibility index (Phi) is 3.65. The molecule has 0 bridgehead atoms. The summed E-state index contributed by atoms with van der Waals surface area (Å²) in [6, 6.07) is 6.79. The third-order valence-electron chi connectivity index (χ3n) is 2.91.